The van der Waals surface area contributed by atoms with Gasteiger partial charge in [-0.3, -0.25) is 9.59 Å². The van der Waals surface area contributed by atoms with E-state index < -0.39 is 44.0 Å². The quantitative estimate of drug-likeness (QED) is 0.187. The van der Waals surface area contributed by atoms with Gasteiger partial charge in [-0.15, -0.1) is 11.3 Å². The number of amides is 1. The summed E-state index contributed by atoms with van der Waals surface area (Å²) < 4.78 is 56.3. The van der Waals surface area contributed by atoms with Crippen LogP contribution in [0, 0.1) is 12.8 Å². The van der Waals surface area contributed by atoms with E-state index in [1.165, 1.54) is 18.2 Å². The lowest BCUT2D eigenvalue weighted by atomic mass is 10.1. The van der Waals surface area contributed by atoms with Crippen LogP contribution in [0.25, 0.3) is 0 Å². The van der Waals surface area contributed by atoms with Crippen LogP contribution in [-0.4, -0.2) is 63.3 Å². The Balaban J connectivity index is 1.65. The average molecular weight is 650 g/mol. The molecular formula is C30H39N3O7S3. The SMILES string of the molecule is Cc1ccc(S(=O)(=O)N(CC(C)C)[C@@H](CCCCNC(=O)[C@H](Cc2ccccc2)NS(=O)(=O)c2cccs2)C(=O)O)cc1. The number of hydrogen-bond acceptors (Lipinski definition) is 7. The molecule has 0 saturated heterocycles. The van der Waals surface area contributed by atoms with Gasteiger partial charge in [0.25, 0.3) is 10.0 Å². The first-order valence-corrected chi connectivity index (χ1v) is 17.8. The number of carbonyl (C=O) groups excluding carboxylic acids is 1. The molecule has 0 fully saturated rings. The summed E-state index contributed by atoms with van der Waals surface area (Å²) in [5, 5.41) is 14.4. The number of nitrogens with zero attached hydrogens (tertiary/aromatic N) is 1. The Bertz CT molecular complexity index is 1540. The van der Waals surface area contributed by atoms with E-state index in [-0.39, 0.29) is 41.0 Å². The standard InChI is InChI=1S/C30H39N3O7S3/c1-22(2)21-33(43(39,40)25-16-14-23(3)15-17-25)27(30(35)36)12-7-8-18-31-29(34)26(20-24-10-5-4-6-11-24)32-42(37,38)28-13-9-19-41-28/h4-6,9-11,13-17,19,22,26-27,32H,7-8,12,18,20-21H2,1-3H3,(H,31,34)(H,35,36)/t26-,27-/m0/s1. The second-order valence-corrected chi connectivity index (χ2v) is 15.5. The maximum Gasteiger partial charge on any atom is 0.322 e. The number of sulfonamides is 2. The highest BCUT2D eigenvalue weighted by Crippen LogP contribution is 2.23. The van der Waals surface area contributed by atoms with Crippen LogP contribution in [0.1, 0.15) is 44.2 Å². The molecule has 0 bridgehead atoms. The van der Waals surface area contributed by atoms with Gasteiger partial charge in [0.15, 0.2) is 0 Å². The van der Waals surface area contributed by atoms with Crippen molar-refractivity contribution < 1.29 is 31.5 Å². The lowest BCUT2D eigenvalue weighted by Crippen LogP contribution is -2.48. The second kappa shape index (κ2) is 15.6. The Morgan fingerprint density at radius 1 is 0.930 bits per heavy atom. The molecule has 1 amide bonds. The van der Waals surface area contributed by atoms with Crippen molar-refractivity contribution in [1.29, 1.82) is 0 Å². The van der Waals surface area contributed by atoms with Crippen LogP contribution in [0.4, 0.5) is 0 Å². The molecule has 0 aliphatic heterocycles. The number of carboxylic acid groups (broad SMARTS) is 1. The Kier molecular flexibility index (Phi) is 12.5. The van der Waals surface area contributed by atoms with E-state index in [2.05, 4.69) is 10.0 Å². The number of hydrogen-bond donors (Lipinski definition) is 3. The third kappa shape index (κ3) is 9.97. The third-order valence-electron chi connectivity index (χ3n) is 6.67. The van der Waals surface area contributed by atoms with Crippen LogP contribution >= 0.6 is 11.3 Å². The van der Waals surface area contributed by atoms with Crippen molar-refractivity contribution >= 4 is 43.3 Å². The molecule has 0 radical (unpaired) electrons. The number of rotatable bonds is 17. The molecule has 0 spiro atoms. The van der Waals surface area contributed by atoms with Gasteiger partial charge in [0.05, 0.1) is 4.90 Å². The van der Waals surface area contributed by atoms with Gasteiger partial charge in [0, 0.05) is 13.1 Å². The number of aryl methyl sites for hydroxylation is 1. The van der Waals surface area contributed by atoms with Gasteiger partial charge in [-0.05, 0) is 67.7 Å². The third-order valence-corrected chi connectivity index (χ3v) is 11.4. The first-order chi connectivity index (χ1) is 20.3. The van der Waals surface area contributed by atoms with Gasteiger partial charge in [-0.25, -0.2) is 16.8 Å². The summed E-state index contributed by atoms with van der Waals surface area (Å²) in [6.07, 6.45) is 0.867. The van der Waals surface area contributed by atoms with E-state index in [1.807, 2.05) is 26.8 Å². The predicted octanol–water partition coefficient (Wildman–Crippen LogP) is 4.03. The first kappa shape index (κ1) is 34.4. The Hall–Kier alpha value is -3.10. The zero-order valence-corrected chi connectivity index (χ0v) is 26.9. The van der Waals surface area contributed by atoms with E-state index in [1.54, 1.807) is 47.8 Å². The van der Waals surface area contributed by atoms with E-state index in [4.69, 9.17) is 0 Å². The smallest absolute Gasteiger partial charge is 0.322 e. The summed E-state index contributed by atoms with van der Waals surface area (Å²) >= 11 is 1.05. The summed E-state index contributed by atoms with van der Waals surface area (Å²) in [7, 11) is -7.99. The Morgan fingerprint density at radius 3 is 2.19 bits per heavy atom. The molecule has 0 aliphatic rings. The maximum atomic E-state index is 13.5. The lowest BCUT2D eigenvalue weighted by molar-refractivity contribution is -0.142. The van der Waals surface area contributed by atoms with Crippen molar-refractivity contribution in [2.45, 2.75) is 67.6 Å². The summed E-state index contributed by atoms with van der Waals surface area (Å²) in [4.78, 5) is 25.4. The highest BCUT2D eigenvalue weighted by molar-refractivity contribution is 7.91. The largest absolute Gasteiger partial charge is 0.480 e. The highest BCUT2D eigenvalue weighted by Gasteiger charge is 2.36. The topological polar surface area (TPSA) is 150 Å². The van der Waals surface area contributed by atoms with Crippen molar-refractivity contribution in [3.05, 3.63) is 83.2 Å². The van der Waals surface area contributed by atoms with E-state index in [9.17, 15) is 31.5 Å². The fourth-order valence-electron chi connectivity index (χ4n) is 4.49. The van der Waals surface area contributed by atoms with Crippen LogP contribution in [0.3, 0.4) is 0 Å². The zero-order chi connectivity index (χ0) is 31.6. The fraction of sp³-hybridized carbons (Fsp3) is 0.400. The number of thiophene rings is 1. The van der Waals surface area contributed by atoms with Crippen LogP contribution in [-0.2, 0) is 36.1 Å². The number of benzene rings is 2. The molecular weight excluding hydrogens is 611 g/mol. The van der Waals surface area contributed by atoms with Crippen molar-refractivity contribution in [1.82, 2.24) is 14.3 Å². The highest BCUT2D eigenvalue weighted by atomic mass is 32.2. The van der Waals surface area contributed by atoms with Crippen LogP contribution < -0.4 is 10.0 Å². The van der Waals surface area contributed by atoms with Crippen molar-refractivity contribution in [2.24, 2.45) is 5.92 Å². The Labute approximate surface area is 258 Å². The van der Waals surface area contributed by atoms with Crippen LogP contribution in [0.5, 0.6) is 0 Å². The first-order valence-electron chi connectivity index (χ1n) is 14.0. The molecule has 43 heavy (non-hydrogen) atoms. The fourth-order valence-corrected chi connectivity index (χ4v) is 8.47. The molecule has 3 rings (SSSR count). The molecule has 1 aromatic heterocycles. The minimum atomic E-state index is -4.07. The summed E-state index contributed by atoms with van der Waals surface area (Å²) in [5.41, 5.74) is 1.66. The van der Waals surface area contributed by atoms with Gasteiger partial charge in [-0.1, -0.05) is 67.9 Å². The number of unbranched alkanes of at least 4 members (excludes halogenated alkanes) is 1. The molecule has 234 valence electrons. The number of carboxylic acids is 1. The van der Waals surface area contributed by atoms with Gasteiger partial charge >= 0.3 is 5.97 Å². The van der Waals surface area contributed by atoms with Gasteiger partial charge in [0.2, 0.25) is 15.9 Å². The van der Waals surface area contributed by atoms with Gasteiger partial charge < -0.3 is 10.4 Å². The number of aliphatic carboxylic acids is 1. The minimum absolute atomic E-state index is 0.0340. The van der Waals surface area contributed by atoms with Crippen LogP contribution in [0.15, 0.2) is 81.2 Å². The molecule has 2 aromatic carbocycles. The summed E-state index contributed by atoms with van der Waals surface area (Å²) in [6, 6.07) is 16.1. The predicted molar refractivity (Wildman–Crippen MR) is 167 cm³/mol. The normalized spacial score (nSPS) is 13.6. The maximum absolute atomic E-state index is 13.5. The Morgan fingerprint density at radius 2 is 1.60 bits per heavy atom. The van der Waals surface area contributed by atoms with Gasteiger partial charge in [-0.2, -0.15) is 9.03 Å². The zero-order valence-electron chi connectivity index (χ0n) is 24.5. The summed E-state index contributed by atoms with van der Waals surface area (Å²) in [6.45, 7) is 5.68. The number of nitrogens with one attached hydrogen (secondary N) is 2. The van der Waals surface area contributed by atoms with Crippen molar-refractivity contribution in [3.63, 3.8) is 0 Å². The van der Waals surface area contributed by atoms with E-state index in [0.717, 1.165) is 26.8 Å². The monoisotopic (exact) mass is 649 g/mol. The molecule has 3 N–H and O–H groups in total. The molecule has 10 nitrogen and oxygen atoms in total. The second-order valence-electron chi connectivity index (χ2n) is 10.7. The average Bonchev–Trinajstić information content (AvgIpc) is 3.50. The molecule has 1 heterocycles. The molecule has 3 aromatic rings. The van der Waals surface area contributed by atoms with Crippen LogP contribution in [0.2, 0.25) is 0 Å². The van der Waals surface area contributed by atoms with Gasteiger partial charge in [0.1, 0.15) is 16.3 Å². The molecule has 0 unspecified atom stereocenters. The van der Waals surface area contributed by atoms with E-state index in [0.29, 0.717) is 12.8 Å². The number of carbonyl (C=O) groups is 2. The molecule has 13 heteroatoms. The van der Waals surface area contributed by atoms with E-state index >= 15 is 0 Å². The minimum Gasteiger partial charge on any atom is -0.480 e. The van der Waals surface area contributed by atoms with Crippen molar-refractivity contribution in [2.75, 3.05) is 13.1 Å². The molecule has 0 aliphatic carbocycles. The summed E-state index contributed by atoms with van der Waals surface area (Å²) in [5.74, 6) is -1.87. The molecule has 0 saturated carbocycles. The van der Waals surface area contributed by atoms with Crippen molar-refractivity contribution in [3.8, 4) is 0 Å². The molecule has 2 atom stereocenters. The lowest BCUT2D eigenvalue weighted by Gasteiger charge is -2.29.